The quantitative estimate of drug-likeness (QED) is 0.496. The molecule has 0 N–H and O–H groups in total. The average molecular weight is 198 g/mol. The van der Waals surface area contributed by atoms with E-state index in [2.05, 4.69) is 9.47 Å². The highest BCUT2D eigenvalue weighted by molar-refractivity contribution is 5.96. The van der Waals surface area contributed by atoms with E-state index in [1.165, 1.54) is 14.2 Å². The van der Waals surface area contributed by atoms with Gasteiger partial charge in [-0.1, -0.05) is 0 Å². The van der Waals surface area contributed by atoms with Crippen molar-refractivity contribution in [1.29, 1.82) is 0 Å². The SMILES string of the molecule is COC(=O)C(C(=O)OC)C12CC(C1)C2. The summed E-state index contributed by atoms with van der Waals surface area (Å²) in [5.74, 6) is -0.862. The predicted octanol–water partition coefficient (Wildman–Crippen LogP) is 0.749. The number of methoxy groups -OCH3 is 2. The molecule has 0 heterocycles. The van der Waals surface area contributed by atoms with E-state index in [4.69, 9.17) is 0 Å². The fraction of sp³-hybridized carbons (Fsp3) is 0.800. The lowest BCUT2D eigenvalue weighted by molar-refractivity contribution is -0.197. The maximum absolute atomic E-state index is 11.5. The molecule has 3 aliphatic rings. The minimum Gasteiger partial charge on any atom is -0.468 e. The molecule has 0 aromatic carbocycles. The predicted molar refractivity (Wildman–Crippen MR) is 47.3 cm³/mol. The molecule has 3 aliphatic carbocycles. The van der Waals surface area contributed by atoms with Crippen molar-refractivity contribution in [3.63, 3.8) is 0 Å². The van der Waals surface area contributed by atoms with Gasteiger partial charge >= 0.3 is 11.9 Å². The molecule has 3 rings (SSSR count). The van der Waals surface area contributed by atoms with Gasteiger partial charge in [0.2, 0.25) is 0 Å². The van der Waals surface area contributed by atoms with Crippen LogP contribution in [0.15, 0.2) is 0 Å². The summed E-state index contributed by atoms with van der Waals surface area (Å²) in [5, 5.41) is 0. The number of carbonyl (C=O) groups excluding carboxylic acids is 2. The van der Waals surface area contributed by atoms with Gasteiger partial charge in [0.05, 0.1) is 14.2 Å². The summed E-state index contributed by atoms with van der Waals surface area (Å²) < 4.78 is 9.28. The van der Waals surface area contributed by atoms with Crippen molar-refractivity contribution >= 4 is 11.9 Å². The zero-order valence-corrected chi connectivity index (χ0v) is 8.41. The molecule has 0 aromatic rings. The van der Waals surface area contributed by atoms with Crippen LogP contribution in [0.1, 0.15) is 19.3 Å². The molecule has 2 bridgehead atoms. The second-order valence-corrected chi connectivity index (χ2v) is 4.32. The molecule has 78 valence electrons. The largest absolute Gasteiger partial charge is 0.468 e. The molecule has 0 aliphatic heterocycles. The van der Waals surface area contributed by atoms with E-state index in [0.717, 1.165) is 25.2 Å². The first-order chi connectivity index (χ1) is 6.63. The van der Waals surface area contributed by atoms with Crippen LogP contribution in [0.4, 0.5) is 0 Å². The normalized spacial score (nSPS) is 32.9. The Labute approximate surface area is 82.6 Å². The van der Waals surface area contributed by atoms with E-state index in [-0.39, 0.29) is 5.41 Å². The van der Waals surface area contributed by atoms with Crippen LogP contribution in [0.2, 0.25) is 0 Å². The van der Waals surface area contributed by atoms with Crippen molar-refractivity contribution < 1.29 is 19.1 Å². The number of carbonyl (C=O) groups is 2. The second kappa shape index (κ2) is 2.97. The van der Waals surface area contributed by atoms with Gasteiger partial charge in [-0.2, -0.15) is 0 Å². The van der Waals surface area contributed by atoms with Crippen LogP contribution >= 0.6 is 0 Å². The summed E-state index contributed by atoms with van der Waals surface area (Å²) in [4.78, 5) is 22.9. The molecule has 0 spiro atoms. The van der Waals surface area contributed by atoms with Gasteiger partial charge in [-0.15, -0.1) is 0 Å². The lowest BCUT2D eigenvalue weighted by Gasteiger charge is -2.63. The molecule has 3 saturated carbocycles. The fourth-order valence-electron chi connectivity index (χ4n) is 2.73. The Bertz CT molecular complexity index is 251. The molecule has 0 atom stereocenters. The molecule has 0 aromatic heterocycles. The lowest BCUT2D eigenvalue weighted by atomic mass is 9.40. The van der Waals surface area contributed by atoms with Gasteiger partial charge in [0.1, 0.15) is 0 Å². The van der Waals surface area contributed by atoms with Crippen LogP contribution < -0.4 is 0 Å². The van der Waals surface area contributed by atoms with E-state index in [9.17, 15) is 9.59 Å². The summed E-state index contributed by atoms with van der Waals surface area (Å²) in [6.07, 6.45) is 2.92. The zero-order valence-electron chi connectivity index (χ0n) is 8.41. The number of hydrogen-bond donors (Lipinski definition) is 0. The topological polar surface area (TPSA) is 52.6 Å². The highest BCUT2D eigenvalue weighted by atomic mass is 16.5. The maximum atomic E-state index is 11.5. The Morgan fingerprint density at radius 3 is 1.79 bits per heavy atom. The molecule has 14 heavy (non-hydrogen) atoms. The van der Waals surface area contributed by atoms with Crippen LogP contribution in [0.3, 0.4) is 0 Å². The Kier molecular flexibility index (Phi) is 2.01. The van der Waals surface area contributed by atoms with Gasteiger partial charge in [-0.3, -0.25) is 9.59 Å². The summed E-state index contributed by atoms with van der Waals surface area (Å²) in [6, 6.07) is 0. The highest BCUT2D eigenvalue weighted by Gasteiger charge is 2.65. The van der Waals surface area contributed by atoms with Crippen molar-refractivity contribution in [2.45, 2.75) is 19.3 Å². The van der Waals surface area contributed by atoms with Crippen molar-refractivity contribution in [3.05, 3.63) is 0 Å². The van der Waals surface area contributed by atoms with Gasteiger partial charge < -0.3 is 9.47 Å². The van der Waals surface area contributed by atoms with Crippen molar-refractivity contribution in [3.8, 4) is 0 Å². The third-order valence-electron chi connectivity index (χ3n) is 3.57. The Hall–Kier alpha value is -1.06. The monoisotopic (exact) mass is 198 g/mol. The molecular weight excluding hydrogens is 184 g/mol. The van der Waals surface area contributed by atoms with Crippen LogP contribution in [-0.2, 0) is 19.1 Å². The van der Waals surface area contributed by atoms with Crippen LogP contribution in [-0.4, -0.2) is 26.2 Å². The van der Waals surface area contributed by atoms with Gasteiger partial charge in [0.15, 0.2) is 5.92 Å². The number of hydrogen-bond acceptors (Lipinski definition) is 4. The molecule has 0 unspecified atom stereocenters. The van der Waals surface area contributed by atoms with Crippen LogP contribution in [0, 0.1) is 17.3 Å². The molecule has 0 saturated heterocycles. The third kappa shape index (κ3) is 1.06. The lowest BCUT2D eigenvalue weighted by Crippen LogP contribution is -2.60. The molecular formula is C10H14O4. The van der Waals surface area contributed by atoms with Crippen LogP contribution in [0.5, 0.6) is 0 Å². The van der Waals surface area contributed by atoms with E-state index < -0.39 is 17.9 Å². The first-order valence-electron chi connectivity index (χ1n) is 4.78. The average Bonchev–Trinajstić information content (AvgIpc) is 2.06. The van der Waals surface area contributed by atoms with Gasteiger partial charge in [0.25, 0.3) is 0 Å². The summed E-state index contributed by atoms with van der Waals surface area (Å²) in [5.41, 5.74) is -0.120. The molecule has 0 amide bonds. The van der Waals surface area contributed by atoms with Crippen molar-refractivity contribution in [2.75, 3.05) is 14.2 Å². The highest BCUT2D eigenvalue weighted by Crippen LogP contribution is 2.68. The fourth-order valence-corrected chi connectivity index (χ4v) is 2.73. The van der Waals surface area contributed by atoms with Crippen molar-refractivity contribution in [2.24, 2.45) is 17.3 Å². The maximum Gasteiger partial charge on any atom is 0.320 e. The van der Waals surface area contributed by atoms with E-state index in [1.54, 1.807) is 0 Å². The first kappa shape index (κ1) is 9.49. The smallest absolute Gasteiger partial charge is 0.320 e. The summed E-state index contributed by atoms with van der Waals surface area (Å²) in [6.45, 7) is 0. The molecule has 3 fully saturated rings. The van der Waals surface area contributed by atoms with Crippen LogP contribution in [0.25, 0.3) is 0 Å². The molecule has 4 heteroatoms. The Balaban J connectivity index is 2.13. The van der Waals surface area contributed by atoms with Crippen molar-refractivity contribution in [1.82, 2.24) is 0 Å². The number of esters is 2. The van der Waals surface area contributed by atoms with E-state index in [1.807, 2.05) is 0 Å². The van der Waals surface area contributed by atoms with Gasteiger partial charge in [-0.05, 0) is 30.6 Å². The zero-order chi connectivity index (χ0) is 10.3. The minimum atomic E-state index is -0.692. The van der Waals surface area contributed by atoms with E-state index >= 15 is 0 Å². The second-order valence-electron chi connectivity index (χ2n) is 4.32. The third-order valence-corrected chi connectivity index (χ3v) is 3.57. The van der Waals surface area contributed by atoms with E-state index in [0.29, 0.717) is 0 Å². The number of rotatable bonds is 3. The summed E-state index contributed by atoms with van der Waals surface area (Å²) in [7, 11) is 2.62. The molecule has 4 nitrogen and oxygen atoms in total. The first-order valence-corrected chi connectivity index (χ1v) is 4.78. The minimum absolute atomic E-state index is 0.120. The van der Waals surface area contributed by atoms with Gasteiger partial charge in [0, 0.05) is 0 Å². The van der Waals surface area contributed by atoms with Gasteiger partial charge in [-0.25, -0.2) is 0 Å². The standard InChI is InChI=1S/C10H14O4/c1-13-8(11)7(9(12)14-2)10-3-6(4-10)5-10/h6-7H,3-5H2,1-2H3. The molecule has 0 radical (unpaired) electrons. The number of ether oxygens (including phenoxy) is 2. The Morgan fingerprint density at radius 2 is 1.57 bits per heavy atom. The summed E-state index contributed by atoms with van der Waals surface area (Å²) >= 11 is 0. The Morgan fingerprint density at radius 1 is 1.14 bits per heavy atom.